The van der Waals surface area contributed by atoms with Gasteiger partial charge < -0.3 is 4.74 Å². The van der Waals surface area contributed by atoms with E-state index in [0.717, 1.165) is 25.8 Å². The van der Waals surface area contributed by atoms with Crippen molar-refractivity contribution >= 4 is 6.09 Å². The average Bonchev–Trinajstić information content (AvgIpc) is 2.68. The molecule has 3 nitrogen and oxygen atoms in total. The number of amides is 1. The highest BCUT2D eigenvalue weighted by molar-refractivity contribution is 5.74. The van der Waals surface area contributed by atoms with Crippen LogP contribution in [0, 0.1) is 0 Å². The van der Waals surface area contributed by atoms with Crippen molar-refractivity contribution in [3.63, 3.8) is 0 Å². The molecule has 0 aromatic heterocycles. The number of fused-ring (bicyclic) bond motifs is 4. The Bertz CT molecular complexity index is 562. The first-order chi connectivity index (χ1) is 9.67. The molecule has 1 aromatic carbocycles. The normalized spacial score (nSPS) is 30.9. The van der Waals surface area contributed by atoms with Crippen LogP contribution in [0.1, 0.15) is 50.2 Å². The number of nitrogens with zero attached hydrogens (tertiary/aromatic N) is 1. The van der Waals surface area contributed by atoms with Crippen LogP contribution in [0.2, 0.25) is 0 Å². The van der Waals surface area contributed by atoms with E-state index in [0.29, 0.717) is 0 Å². The van der Waals surface area contributed by atoms with E-state index in [1.54, 1.807) is 0 Å². The van der Waals surface area contributed by atoms with Gasteiger partial charge in [-0.3, -0.25) is 4.90 Å². The van der Waals surface area contributed by atoms with Crippen LogP contribution in [0.15, 0.2) is 24.3 Å². The summed E-state index contributed by atoms with van der Waals surface area (Å²) in [4.78, 5) is 14.4. The van der Waals surface area contributed by atoms with Crippen molar-refractivity contribution in [2.75, 3.05) is 6.54 Å². The van der Waals surface area contributed by atoms with Crippen LogP contribution in [0.3, 0.4) is 0 Å². The third-order valence-corrected chi connectivity index (χ3v) is 5.74. The first kappa shape index (κ1) is 12.2. The second-order valence-corrected chi connectivity index (χ2v) is 6.55. The largest absolute Gasteiger partial charge is 0.440 e. The van der Waals surface area contributed by atoms with Crippen molar-refractivity contribution in [3.05, 3.63) is 35.4 Å². The van der Waals surface area contributed by atoms with Crippen LogP contribution in [-0.2, 0) is 16.7 Å². The molecule has 1 spiro atoms. The van der Waals surface area contributed by atoms with E-state index in [2.05, 4.69) is 31.2 Å². The van der Waals surface area contributed by atoms with Gasteiger partial charge in [-0.05, 0) is 50.2 Å². The standard InChI is InChI=1S/C17H21NO2/c1-16-14-8-4-3-7-13(14)9-12-18(16)15(19)20-17(16)10-5-2-6-11-17/h3-4,7-8H,2,5-6,9-12H2,1H3. The Balaban J connectivity index is 1.91. The van der Waals surface area contributed by atoms with E-state index in [1.165, 1.54) is 30.4 Å². The van der Waals surface area contributed by atoms with Gasteiger partial charge in [0.15, 0.2) is 0 Å². The summed E-state index contributed by atoms with van der Waals surface area (Å²) in [6, 6.07) is 8.59. The molecule has 1 saturated heterocycles. The molecule has 3 heteroatoms. The molecule has 4 rings (SSSR count). The lowest BCUT2D eigenvalue weighted by Gasteiger charge is -2.49. The maximum Gasteiger partial charge on any atom is 0.411 e. The number of benzene rings is 1. The zero-order valence-electron chi connectivity index (χ0n) is 12.0. The number of hydrogen-bond donors (Lipinski definition) is 0. The van der Waals surface area contributed by atoms with Crippen LogP contribution in [0.4, 0.5) is 4.79 Å². The highest BCUT2D eigenvalue weighted by Crippen LogP contribution is 2.55. The Morgan fingerprint density at radius 2 is 1.90 bits per heavy atom. The van der Waals surface area contributed by atoms with E-state index < -0.39 is 0 Å². The van der Waals surface area contributed by atoms with Crippen molar-refractivity contribution in [2.45, 2.75) is 56.6 Å². The average molecular weight is 271 g/mol. The molecule has 2 heterocycles. The highest BCUT2D eigenvalue weighted by Gasteiger charge is 2.64. The van der Waals surface area contributed by atoms with Gasteiger partial charge in [0.1, 0.15) is 11.1 Å². The molecule has 2 fully saturated rings. The smallest absolute Gasteiger partial charge is 0.411 e. The molecule has 1 amide bonds. The quantitative estimate of drug-likeness (QED) is 0.721. The van der Waals surface area contributed by atoms with Crippen LogP contribution < -0.4 is 0 Å². The van der Waals surface area contributed by atoms with E-state index in [4.69, 9.17) is 4.74 Å². The fraction of sp³-hybridized carbons (Fsp3) is 0.588. The fourth-order valence-corrected chi connectivity index (χ4v) is 4.61. The van der Waals surface area contributed by atoms with Crippen molar-refractivity contribution in [3.8, 4) is 0 Å². The predicted molar refractivity (Wildman–Crippen MR) is 76.5 cm³/mol. The van der Waals surface area contributed by atoms with Gasteiger partial charge in [0.25, 0.3) is 0 Å². The lowest BCUT2D eigenvalue weighted by molar-refractivity contribution is -0.0436. The van der Waals surface area contributed by atoms with E-state index in [-0.39, 0.29) is 17.2 Å². The number of carbonyl (C=O) groups excluding carboxylic acids is 1. The Labute approximate surface area is 119 Å². The lowest BCUT2D eigenvalue weighted by Crippen LogP contribution is -2.57. The molecule has 1 saturated carbocycles. The van der Waals surface area contributed by atoms with Gasteiger partial charge in [-0.2, -0.15) is 0 Å². The molecule has 3 aliphatic rings. The lowest BCUT2D eigenvalue weighted by atomic mass is 9.66. The minimum atomic E-state index is -0.307. The molecule has 1 aromatic rings. The van der Waals surface area contributed by atoms with Crippen molar-refractivity contribution in [1.82, 2.24) is 4.90 Å². The molecule has 106 valence electrons. The SMILES string of the molecule is CC12c3ccccc3CCN1C(=O)OC21CCCCC1. The summed E-state index contributed by atoms with van der Waals surface area (Å²) in [5, 5.41) is 0. The van der Waals surface area contributed by atoms with E-state index >= 15 is 0 Å². The van der Waals surface area contributed by atoms with Gasteiger partial charge in [-0.15, -0.1) is 0 Å². The molecule has 0 radical (unpaired) electrons. The minimum absolute atomic E-state index is 0.107. The molecular formula is C17H21NO2. The van der Waals surface area contributed by atoms with Gasteiger partial charge in [0, 0.05) is 6.54 Å². The monoisotopic (exact) mass is 271 g/mol. The number of rotatable bonds is 0. The Hall–Kier alpha value is -1.51. The van der Waals surface area contributed by atoms with Gasteiger partial charge in [-0.25, -0.2) is 4.79 Å². The summed E-state index contributed by atoms with van der Waals surface area (Å²) in [6.45, 7) is 3.01. The zero-order valence-corrected chi connectivity index (χ0v) is 12.0. The van der Waals surface area contributed by atoms with Crippen LogP contribution in [0.5, 0.6) is 0 Å². The third-order valence-electron chi connectivity index (χ3n) is 5.74. The second-order valence-electron chi connectivity index (χ2n) is 6.55. The summed E-state index contributed by atoms with van der Waals surface area (Å²) in [7, 11) is 0. The van der Waals surface area contributed by atoms with Gasteiger partial charge in [-0.1, -0.05) is 30.7 Å². The summed E-state index contributed by atoms with van der Waals surface area (Å²) < 4.78 is 5.98. The second kappa shape index (κ2) is 4.00. The van der Waals surface area contributed by atoms with Crippen molar-refractivity contribution in [2.24, 2.45) is 0 Å². The molecule has 1 aliphatic carbocycles. The van der Waals surface area contributed by atoms with E-state index in [1.807, 2.05) is 4.90 Å². The molecule has 20 heavy (non-hydrogen) atoms. The van der Waals surface area contributed by atoms with E-state index in [9.17, 15) is 4.79 Å². The minimum Gasteiger partial charge on any atom is -0.440 e. The van der Waals surface area contributed by atoms with Gasteiger partial charge in [0.2, 0.25) is 0 Å². The Morgan fingerprint density at radius 1 is 1.15 bits per heavy atom. The first-order valence-electron chi connectivity index (χ1n) is 7.76. The van der Waals surface area contributed by atoms with Crippen LogP contribution in [-0.4, -0.2) is 23.1 Å². The Morgan fingerprint density at radius 3 is 2.70 bits per heavy atom. The summed E-state index contributed by atoms with van der Waals surface area (Å²) >= 11 is 0. The van der Waals surface area contributed by atoms with Crippen LogP contribution in [0.25, 0.3) is 0 Å². The maximum absolute atomic E-state index is 12.4. The highest BCUT2D eigenvalue weighted by atomic mass is 16.6. The first-order valence-corrected chi connectivity index (χ1v) is 7.76. The molecular weight excluding hydrogens is 250 g/mol. The molecule has 0 bridgehead atoms. The topological polar surface area (TPSA) is 29.5 Å². The van der Waals surface area contributed by atoms with Crippen LogP contribution >= 0.6 is 0 Å². The summed E-state index contributed by atoms with van der Waals surface area (Å²) in [5.41, 5.74) is 2.10. The van der Waals surface area contributed by atoms with Gasteiger partial charge >= 0.3 is 6.09 Å². The fourth-order valence-electron chi connectivity index (χ4n) is 4.61. The van der Waals surface area contributed by atoms with Gasteiger partial charge in [0.05, 0.1) is 0 Å². The number of hydrogen-bond acceptors (Lipinski definition) is 2. The zero-order chi connectivity index (χ0) is 13.8. The third kappa shape index (κ3) is 1.33. The Kier molecular flexibility index (Phi) is 2.45. The molecule has 1 unspecified atom stereocenters. The van der Waals surface area contributed by atoms with Crippen molar-refractivity contribution < 1.29 is 9.53 Å². The molecule has 1 atom stereocenters. The maximum atomic E-state index is 12.4. The predicted octanol–water partition coefficient (Wildman–Crippen LogP) is 3.61. The molecule has 2 aliphatic heterocycles. The molecule has 0 N–H and O–H groups in total. The number of carbonyl (C=O) groups is 1. The summed E-state index contributed by atoms with van der Waals surface area (Å²) in [5.74, 6) is 0. The summed E-state index contributed by atoms with van der Waals surface area (Å²) in [6.07, 6.45) is 6.43. The number of ether oxygens (including phenoxy) is 1. The van der Waals surface area contributed by atoms with Crippen molar-refractivity contribution in [1.29, 1.82) is 0 Å².